The summed E-state index contributed by atoms with van der Waals surface area (Å²) < 4.78 is 5.26. The van der Waals surface area contributed by atoms with E-state index in [1.165, 1.54) is 31.5 Å². The Balaban J connectivity index is 2.04. The third-order valence-electron chi connectivity index (χ3n) is 4.39. The number of rotatable bonds is 6. The summed E-state index contributed by atoms with van der Waals surface area (Å²) >= 11 is 0. The molecule has 1 unspecified atom stereocenters. The molecule has 1 aromatic rings. The van der Waals surface area contributed by atoms with Crippen molar-refractivity contribution in [2.45, 2.75) is 39.7 Å². The number of nitrogens with one attached hydrogen (secondary N) is 1. The normalized spacial score (nSPS) is 20.2. The molecule has 0 radical (unpaired) electrons. The smallest absolute Gasteiger partial charge is 0.118 e. The molecule has 1 aliphatic heterocycles. The fourth-order valence-electron chi connectivity index (χ4n) is 3.33. The van der Waals surface area contributed by atoms with Gasteiger partial charge in [0.2, 0.25) is 0 Å². The lowest BCUT2D eigenvalue weighted by molar-refractivity contribution is 0.108. The van der Waals surface area contributed by atoms with Crippen molar-refractivity contribution in [3.05, 3.63) is 29.8 Å². The fraction of sp³-hybridized carbons (Fsp3) is 0.667. The van der Waals surface area contributed by atoms with Crippen LogP contribution in [0.15, 0.2) is 24.3 Å². The lowest BCUT2D eigenvalue weighted by Crippen LogP contribution is -2.44. The van der Waals surface area contributed by atoms with E-state index in [4.69, 9.17) is 4.74 Å². The minimum Gasteiger partial charge on any atom is -0.497 e. The van der Waals surface area contributed by atoms with Crippen molar-refractivity contribution in [3.63, 3.8) is 0 Å². The summed E-state index contributed by atoms with van der Waals surface area (Å²) in [6, 6.07) is 8.87. The molecule has 0 spiro atoms. The summed E-state index contributed by atoms with van der Waals surface area (Å²) in [4.78, 5) is 2.61. The molecular weight excluding hydrogens is 260 g/mol. The average Bonchev–Trinajstić information content (AvgIpc) is 2.46. The van der Waals surface area contributed by atoms with Crippen LogP contribution in [0.5, 0.6) is 5.75 Å². The molecule has 0 amide bonds. The van der Waals surface area contributed by atoms with Crippen molar-refractivity contribution < 1.29 is 4.74 Å². The van der Waals surface area contributed by atoms with E-state index in [0.29, 0.717) is 11.5 Å². The van der Waals surface area contributed by atoms with Gasteiger partial charge >= 0.3 is 0 Å². The molecular formula is C18H30N2O. The van der Waals surface area contributed by atoms with Crippen LogP contribution in [0.25, 0.3) is 0 Å². The Morgan fingerprint density at radius 3 is 2.57 bits per heavy atom. The summed E-state index contributed by atoms with van der Waals surface area (Å²) in [6.07, 6.45) is 2.66. The first-order valence-corrected chi connectivity index (χ1v) is 8.14. The minimum absolute atomic E-state index is 0.398. The largest absolute Gasteiger partial charge is 0.497 e. The Morgan fingerprint density at radius 2 is 2.00 bits per heavy atom. The van der Waals surface area contributed by atoms with Crippen molar-refractivity contribution in [2.75, 3.05) is 33.3 Å². The molecule has 0 saturated carbocycles. The van der Waals surface area contributed by atoms with Crippen LogP contribution < -0.4 is 10.1 Å². The van der Waals surface area contributed by atoms with E-state index in [1.54, 1.807) is 7.11 Å². The van der Waals surface area contributed by atoms with Gasteiger partial charge in [0, 0.05) is 19.1 Å². The summed E-state index contributed by atoms with van der Waals surface area (Å²) in [5.41, 5.74) is 1.80. The maximum atomic E-state index is 5.26. The van der Waals surface area contributed by atoms with E-state index in [1.807, 2.05) is 0 Å². The zero-order valence-electron chi connectivity index (χ0n) is 14.0. The Morgan fingerprint density at radius 1 is 1.29 bits per heavy atom. The number of likely N-dealkylation sites (N-methyl/N-ethyl adjacent to an activating group) is 1. The van der Waals surface area contributed by atoms with Crippen molar-refractivity contribution in [1.29, 1.82) is 0 Å². The summed E-state index contributed by atoms with van der Waals surface area (Å²) in [5, 5.41) is 3.63. The minimum atomic E-state index is 0.398. The standard InChI is InChI=1S/C18H30N2O/c1-5-19-17(15-7-9-16(21-4)10-8-15)13-20-12-6-11-18(2,3)14-20/h7-10,17,19H,5-6,11-14H2,1-4H3. The van der Waals surface area contributed by atoms with Gasteiger partial charge in [-0.1, -0.05) is 32.9 Å². The van der Waals surface area contributed by atoms with Crippen LogP contribution in [0.2, 0.25) is 0 Å². The van der Waals surface area contributed by atoms with Gasteiger partial charge in [-0.3, -0.25) is 0 Å². The van der Waals surface area contributed by atoms with Crippen molar-refractivity contribution in [3.8, 4) is 5.75 Å². The molecule has 1 aliphatic rings. The Hall–Kier alpha value is -1.06. The maximum Gasteiger partial charge on any atom is 0.118 e. The predicted octanol–water partition coefficient (Wildman–Crippen LogP) is 3.47. The number of methoxy groups -OCH3 is 1. The topological polar surface area (TPSA) is 24.5 Å². The molecule has 1 aromatic carbocycles. The van der Waals surface area contributed by atoms with Crippen LogP contribution in [0, 0.1) is 5.41 Å². The van der Waals surface area contributed by atoms with Gasteiger partial charge in [-0.05, 0) is 49.0 Å². The molecule has 3 heteroatoms. The summed E-state index contributed by atoms with van der Waals surface area (Å²) in [6.45, 7) is 11.4. The van der Waals surface area contributed by atoms with Gasteiger partial charge in [0.15, 0.2) is 0 Å². The first-order valence-electron chi connectivity index (χ1n) is 8.14. The second-order valence-corrected chi connectivity index (χ2v) is 6.89. The number of likely N-dealkylation sites (tertiary alicyclic amines) is 1. The second-order valence-electron chi connectivity index (χ2n) is 6.89. The molecule has 1 N–H and O–H groups in total. The molecule has 1 atom stereocenters. The zero-order chi connectivity index (χ0) is 15.3. The quantitative estimate of drug-likeness (QED) is 0.868. The van der Waals surface area contributed by atoms with Crippen LogP contribution in [0.3, 0.4) is 0 Å². The molecule has 3 nitrogen and oxygen atoms in total. The predicted molar refractivity (Wildman–Crippen MR) is 88.9 cm³/mol. The number of nitrogens with zero attached hydrogens (tertiary/aromatic N) is 1. The first kappa shape index (κ1) is 16.3. The highest BCUT2D eigenvalue weighted by molar-refractivity contribution is 5.29. The Bertz CT molecular complexity index is 427. The third kappa shape index (κ3) is 4.72. The molecule has 1 heterocycles. The summed E-state index contributed by atoms with van der Waals surface area (Å²) in [5.74, 6) is 0.924. The van der Waals surface area contributed by atoms with Crippen molar-refractivity contribution >= 4 is 0 Å². The van der Waals surface area contributed by atoms with Crippen LogP contribution in [0.1, 0.15) is 45.2 Å². The first-order chi connectivity index (χ1) is 10.0. The second kappa shape index (κ2) is 7.28. The van der Waals surface area contributed by atoms with E-state index in [2.05, 4.69) is 55.3 Å². The van der Waals surface area contributed by atoms with Gasteiger partial charge in [0.1, 0.15) is 5.75 Å². The van der Waals surface area contributed by atoms with Gasteiger partial charge in [-0.2, -0.15) is 0 Å². The SMILES string of the molecule is CCNC(CN1CCCC(C)(C)C1)c1ccc(OC)cc1. The zero-order valence-corrected chi connectivity index (χ0v) is 14.0. The lowest BCUT2D eigenvalue weighted by Gasteiger charge is -2.39. The van der Waals surface area contributed by atoms with Crippen molar-refractivity contribution in [1.82, 2.24) is 10.2 Å². The molecule has 21 heavy (non-hydrogen) atoms. The molecule has 0 aliphatic carbocycles. The number of piperidine rings is 1. The van der Waals surface area contributed by atoms with E-state index < -0.39 is 0 Å². The van der Waals surface area contributed by atoms with E-state index in [0.717, 1.165) is 18.8 Å². The highest BCUT2D eigenvalue weighted by Crippen LogP contribution is 2.29. The van der Waals surface area contributed by atoms with Gasteiger partial charge < -0.3 is 15.0 Å². The molecule has 1 fully saturated rings. The molecule has 0 bridgehead atoms. The number of hydrogen-bond acceptors (Lipinski definition) is 3. The van der Waals surface area contributed by atoms with E-state index in [9.17, 15) is 0 Å². The number of ether oxygens (including phenoxy) is 1. The molecule has 118 valence electrons. The van der Waals surface area contributed by atoms with E-state index >= 15 is 0 Å². The number of benzene rings is 1. The average molecular weight is 290 g/mol. The van der Waals surface area contributed by atoms with Gasteiger partial charge in [0.05, 0.1) is 7.11 Å². The fourth-order valence-corrected chi connectivity index (χ4v) is 3.33. The van der Waals surface area contributed by atoms with Gasteiger partial charge in [0.25, 0.3) is 0 Å². The lowest BCUT2D eigenvalue weighted by atomic mass is 9.84. The van der Waals surface area contributed by atoms with Crippen LogP contribution >= 0.6 is 0 Å². The van der Waals surface area contributed by atoms with Crippen LogP contribution in [0.4, 0.5) is 0 Å². The van der Waals surface area contributed by atoms with Crippen LogP contribution in [-0.2, 0) is 0 Å². The number of hydrogen-bond donors (Lipinski definition) is 1. The van der Waals surface area contributed by atoms with Gasteiger partial charge in [-0.15, -0.1) is 0 Å². The summed E-state index contributed by atoms with van der Waals surface area (Å²) in [7, 11) is 1.71. The molecule has 2 rings (SSSR count). The maximum absolute atomic E-state index is 5.26. The van der Waals surface area contributed by atoms with Crippen LogP contribution in [-0.4, -0.2) is 38.2 Å². The highest BCUT2D eigenvalue weighted by Gasteiger charge is 2.27. The Kier molecular flexibility index (Phi) is 5.65. The third-order valence-corrected chi connectivity index (χ3v) is 4.39. The van der Waals surface area contributed by atoms with Gasteiger partial charge in [-0.25, -0.2) is 0 Å². The monoisotopic (exact) mass is 290 g/mol. The van der Waals surface area contributed by atoms with Crippen molar-refractivity contribution in [2.24, 2.45) is 5.41 Å². The highest BCUT2D eigenvalue weighted by atomic mass is 16.5. The van der Waals surface area contributed by atoms with E-state index in [-0.39, 0.29) is 0 Å². The molecule has 1 saturated heterocycles. The Labute approximate surface area is 129 Å². The molecule has 0 aromatic heterocycles.